The van der Waals surface area contributed by atoms with E-state index in [9.17, 15) is 8.42 Å². The number of hydrogen-bond donors (Lipinski definition) is 1. The van der Waals surface area contributed by atoms with E-state index in [1.54, 1.807) is 25.1 Å². The quantitative estimate of drug-likeness (QED) is 0.363. The molecule has 0 amide bonds. The number of hydrogen-bond acceptors (Lipinski definition) is 4. The van der Waals surface area contributed by atoms with Crippen molar-refractivity contribution in [3.8, 4) is 0 Å². The molecule has 3 aromatic carbocycles. The van der Waals surface area contributed by atoms with Crippen molar-refractivity contribution in [1.29, 1.82) is 0 Å². The highest BCUT2D eigenvalue weighted by Gasteiger charge is 2.31. The van der Waals surface area contributed by atoms with Crippen molar-refractivity contribution < 1.29 is 8.42 Å². The van der Waals surface area contributed by atoms with Gasteiger partial charge in [-0.05, 0) is 66.9 Å². The van der Waals surface area contributed by atoms with Crippen molar-refractivity contribution >= 4 is 60.6 Å². The minimum atomic E-state index is -3.68. The van der Waals surface area contributed by atoms with Crippen molar-refractivity contribution in [3.63, 3.8) is 0 Å². The van der Waals surface area contributed by atoms with Crippen LogP contribution in [0.5, 0.6) is 0 Å². The zero-order valence-corrected chi connectivity index (χ0v) is 21.9. The Balaban J connectivity index is 1.63. The summed E-state index contributed by atoms with van der Waals surface area (Å²) in [5, 5.41) is 7.60. The Kier molecular flexibility index (Phi) is 7.17. The van der Waals surface area contributed by atoms with Crippen LogP contribution in [0.25, 0.3) is 0 Å². The van der Waals surface area contributed by atoms with Gasteiger partial charge in [0.25, 0.3) is 0 Å². The van der Waals surface area contributed by atoms with E-state index in [4.69, 9.17) is 28.3 Å². The molecule has 3 aromatic rings. The molecule has 33 heavy (non-hydrogen) atoms. The second-order valence-electron chi connectivity index (χ2n) is 7.97. The second-order valence-corrected chi connectivity index (χ2v) is 11.5. The van der Waals surface area contributed by atoms with Gasteiger partial charge >= 0.3 is 0 Å². The number of sulfonamides is 1. The summed E-state index contributed by atoms with van der Waals surface area (Å²) in [7, 11) is -3.68. The number of hydrazone groups is 1. The topological polar surface area (TPSA) is 61.8 Å². The predicted molar refractivity (Wildman–Crippen MR) is 139 cm³/mol. The summed E-state index contributed by atoms with van der Waals surface area (Å²) in [6.07, 6.45) is 0.551. The number of aryl methyl sites for hydroxylation is 2. The fraction of sp³-hybridized carbons (Fsp3) is 0.208. The van der Waals surface area contributed by atoms with Gasteiger partial charge in [-0.25, -0.2) is 13.1 Å². The number of anilines is 1. The van der Waals surface area contributed by atoms with E-state index < -0.39 is 10.0 Å². The lowest BCUT2D eigenvalue weighted by Gasteiger charge is -2.25. The average molecular weight is 567 g/mol. The molecule has 0 radical (unpaired) electrons. The maximum atomic E-state index is 13.0. The molecule has 0 aliphatic carbocycles. The first-order valence-electron chi connectivity index (χ1n) is 10.3. The fourth-order valence-corrected chi connectivity index (χ4v) is 5.87. The first-order chi connectivity index (χ1) is 15.6. The zero-order valence-electron chi connectivity index (χ0n) is 18.0. The third kappa shape index (κ3) is 5.44. The number of nitrogens with one attached hydrogen (secondary N) is 1. The van der Waals surface area contributed by atoms with Gasteiger partial charge in [0.2, 0.25) is 10.0 Å². The van der Waals surface area contributed by atoms with E-state index in [2.05, 4.69) is 20.7 Å². The number of halogens is 3. The first kappa shape index (κ1) is 24.2. The van der Waals surface area contributed by atoms with Crippen LogP contribution in [-0.2, 0) is 10.0 Å². The summed E-state index contributed by atoms with van der Waals surface area (Å²) in [4.78, 5) is 0.281. The van der Waals surface area contributed by atoms with Crippen LogP contribution < -0.4 is 9.73 Å². The van der Waals surface area contributed by atoms with E-state index >= 15 is 0 Å². The van der Waals surface area contributed by atoms with Gasteiger partial charge in [0.05, 0.1) is 33.9 Å². The van der Waals surface area contributed by atoms with Gasteiger partial charge in [0, 0.05) is 15.9 Å². The molecular formula is C24H22BrCl2N3O2S. The Bertz CT molecular complexity index is 1330. The van der Waals surface area contributed by atoms with Crippen LogP contribution >= 0.6 is 39.1 Å². The highest BCUT2D eigenvalue weighted by molar-refractivity contribution is 9.10. The third-order valence-corrected chi connectivity index (χ3v) is 8.09. The van der Waals surface area contributed by atoms with Gasteiger partial charge in [0.15, 0.2) is 0 Å². The largest absolute Gasteiger partial charge is 0.256 e. The summed E-state index contributed by atoms with van der Waals surface area (Å²) in [6.45, 7) is 3.76. The maximum absolute atomic E-state index is 13.0. The lowest BCUT2D eigenvalue weighted by Crippen LogP contribution is -2.29. The Hall–Kier alpha value is -1.90. The molecule has 5 nitrogen and oxygen atoms in total. The minimum Gasteiger partial charge on any atom is -0.256 e. The molecule has 1 aliphatic rings. The van der Waals surface area contributed by atoms with E-state index in [0.29, 0.717) is 33.4 Å². The smallest absolute Gasteiger partial charge is 0.241 e. The summed E-state index contributed by atoms with van der Waals surface area (Å²) in [5.41, 5.74) is 4.05. The van der Waals surface area contributed by atoms with Crippen LogP contribution in [0.3, 0.4) is 0 Å². The first-order valence-corrected chi connectivity index (χ1v) is 13.3. The van der Waals surface area contributed by atoms with E-state index in [1.807, 2.05) is 54.4 Å². The molecule has 1 unspecified atom stereocenters. The van der Waals surface area contributed by atoms with Crippen molar-refractivity contribution in [1.82, 2.24) is 4.72 Å². The van der Waals surface area contributed by atoms with Crippen molar-refractivity contribution in [2.75, 3.05) is 11.6 Å². The van der Waals surface area contributed by atoms with Crippen LogP contribution in [0.1, 0.15) is 29.2 Å². The van der Waals surface area contributed by atoms with E-state index in [1.165, 1.54) is 0 Å². The van der Waals surface area contributed by atoms with Crippen LogP contribution in [0.15, 0.2) is 75.1 Å². The standard InChI is InChI=1S/C24H22BrCl2N3O2S/c1-15-3-4-16(2)24(11-15)33(31,32)28-14-20-13-23(17-5-7-18(25)8-6-17)30(29-20)22-10-9-19(26)12-21(22)27/h3-12,23,28H,13-14H2,1-2H3. The molecule has 9 heteroatoms. The third-order valence-electron chi connectivity index (χ3n) is 5.48. The number of rotatable bonds is 6. The normalized spacial score (nSPS) is 16.2. The van der Waals surface area contributed by atoms with Crippen molar-refractivity contribution in [2.45, 2.75) is 31.2 Å². The minimum absolute atomic E-state index is 0.102. The molecule has 0 bridgehead atoms. The summed E-state index contributed by atoms with van der Waals surface area (Å²) < 4.78 is 29.6. The summed E-state index contributed by atoms with van der Waals surface area (Å²) >= 11 is 16.0. The highest BCUT2D eigenvalue weighted by Crippen LogP contribution is 2.39. The molecule has 1 heterocycles. The molecule has 0 fully saturated rings. The van der Waals surface area contributed by atoms with Crippen LogP contribution in [0.4, 0.5) is 5.69 Å². The fourth-order valence-electron chi connectivity index (χ4n) is 3.77. The molecular weight excluding hydrogens is 545 g/mol. The molecule has 172 valence electrons. The van der Waals surface area contributed by atoms with Gasteiger partial charge in [-0.3, -0.25) is 5.01 Å². The average Bonchev–Trinajstić information content (AvgIpc) is 3.18. The second kappa shape index (κ2) is 9.76. The van der Waals surface area contributed by atoms with Gasteiger partial charge in [-0.2, -0.15) is 5.10 Å². The summed E-state index contributed by atoms with van der Waals surface area (Å²) in [5.74, 6) is 0. The molecule has 0 saturated carbocycles. The van der Waals surface area contributed by atoms with Crippen LogP contribution in [-0.4, -0.2) is 20.7 Å². The van der Waals surface area contributed by atoms with Gasteiger partial charge in [-0.15, -0.1) is 0 Å². The molecule has 0 aromatic heterocycles. The number of nitrogens with zero attached hydrogens (tertiary/aromatic N) is 2. The van der Waals surface area contributed by atoms with E-state index in [-0.39, 0.29) is 17.5 Å². The molecule has 1 aliphatic heterocycles. The van der Waals surface area contributed by atoms with Crippen LogP contribution in [0.2, 0.25) is 10.0 Å². The lowest BCUT2D eigenvalue weighted by molar-refractivity contribution is 0.585. The molecule has 1 N–H and O–H groups in total. The molecule has 1 atom stereocenters. The van der Waals surface area contributed by atoms with Gasteiger partial charge < -0.3 is 0 Å². The van der Waals surface area contributed by atoms with Crippen molar-refractivity contribution in [3.05, 3.63) is 91.9 Å². The monoisotopic (exact) mass is 565 g/mol. The van der Waals surface area contributed by atoms with Crippen LogP contribution in [0, 0.1) is 13.8 Å². The Morgan fingerprint density at radius 2 is 1.79 bits per heavy atom. The molecule has 0 spiro atoms. The SMILES string of the molecule is Cc1ccc(C)c(S(=O)(=O)NCC2=NN(c3ccc(Cl)cc3Cl)C(c3ccc(Br)cc3)C2)c1. The van der Waals surface area contributed by atoms with Gasteiger partial charge in [0.1, 0.15) is 0 Å². The predicted octanol–water partition coefficient (Wildman–Crippen LogP) is 6.66. The Morgan fingerprint density at radius 1 is 1.06 bits per heavy atom. The maximum Gasteiger partial charge on any atom is 0.241 e. The molecule has 0 saturated heterocycles. The summed E-state index contributed by atoms with van der Waals surface area (Å²) in [6, 6.07) is 18.5. The van der Waals surface area contributed by atoms with Crippen molar-refractivity contribution in [2.24, 2.45) is 5.10 Å². The molecule has 4 rings (SSSR count). The highest BCUT2D eigenvalue weighted by atomic mass is 79.9. The lowest BCUT2D eigenvalue weighted by atomic mass is 10.0. The Labute approximate surface area is 212 Å². The number of benzene rings is 3. The Morgan fingerprint density at radius 3 is 2.48 bits per heavy atom. The zero-order chi connectivity index (χ0) is 23.8. The van der Waals surface area contributed by atoms with Gasteiger partial charge in [-0.1, -0.05) is 63.4 Å². The van der Waals surface area contributed by atoms with E-state index in [0.717, 1.165) is 15.6 Å².